The van der Waals surface area contributed by atoms with Crippen molar-refractivity contribution in [1.82, 2.24) is 0 Å². The Morgan fingerprint density at radius 1 is 1.05 bits per heavy atom. The van der Waals surface area contributed by atoms with Gasteiger partial charge in [-0.05, 0) is 55.3 Å². The van der Waals surface area contributed by atoms with Gasteiger partial charge in [0.05, 0.1) is 11.4 Å². The van der Waals surface area contributed by atoms with E-state index in [2.05, 4.69) is 76.4 Å². The lowest BCUT2D eigenvalue weighted by atomic mass is 10.1. The summed E-state index contributed by atoms with van der Waals surface area (Å²) in [6, 6.07) is 13.1. The maximum absolute atomic E-state index is 3.53. The fourth-order valence-electron chi connectivity index (χ4n) is 2.47. The fourth-order valence-corrected chi connectivity index (χ4v) is 2.83. The van der Waals surface area contributed by atoms with Crippen LogP contribution in [0.1, 0.15) is 11.1 Å². The highest BCUT2D eigenvalue weighted by molar-refractivity contribution is 9.10. The maximum atomic E-state index is 3.53. The van der Waals surface area contributed by atoms with Crippen LogP contribution in [0.15, 0.2) is 40.9 Å². The highest BCUT2D eigenvalue weighted by Gasteiger charge is 2.18. The quantitative estimate of drug-likeness (QED) is 0.825. The summed E-state index contributed by atoms with van der Waals surface area (Å²) in [4.78, 5) is 2.38. The first-order valence-electron chi connectivity index (χ1n) is 6.53. The van der Waals surface area contributed by atoms with Gasteiger partial charge in [-0.1, -0.05) is 22.0 Å². The molecular weight excluding hydrogens is 300 g/mol. The maximum Gasteiger partial charge on any atom is 0.0647 e. The van der Waals surface area contributed by atoms with E-state index in [1.54, 1.807) is 0 Å². The lowest BCUT2D eigenvalue weighted by Gasteiger charge is -2.32. The van der Waals surface area contributed by atoms with Crippen molar-refractivity contribution in [3.05, 3.63) is 52.0 Å². The van der Waals surface area contributed by atoms with Gasteiger partial charge in [0.2, 0.25) is 0 Å². The van der Waals surface area contributed by atoms with Crippen molar-refractivity contribution < 1.29 is 0 Å². The third-order valence-corrected chi connectivity index (χ3v) is 4.20. The number of aryl methyl sites for hydroxylation is 2. The molecule has 3 heteroatoms. The zero-order valence-electron chi connectivity index (χ0n) is 11.2. The molecule has 0 unspecified atom stereocenters. The minimum atomic E-state index is 0.969. The van der Waals surface area contributed by atoms with Gasteiger partial charge >= 0.3 is 0 Å². The normalized spacial score (nSPS) is 13.9. The second-order valence-corrected chi connectivity index (χ2v) is 5.92. The van der Waals surface area contributed by atoms with E-state index in [1.165, 1.54) is 28.2 Å². The molecule has 0 bridgehead atoms. The average molecular weight is 317 g/mol. The number of hydrogen-bond donors (Lipinski definition) is 1. The minimum Gasteiger partial charge on any atom is -0.382 e. The Morgan fingerprint density at radius 3 is 2.68 bits per heavy atom. The van der Waals surface area contributed by atoms with E-state index in [0.717, 1.165) is 17.6 Å². The molecule has 0 aliphatic carbocycles. The molecule has 0 spiro atoms. The van der Waals surface area contributed by atoms with E-state index < -0.39 is 0 Å². The van der Waals surface area contributed by atoms with Crippen LogP contribution in [0.3, 0.4) is 0 Å². The monoisotopic (exact) mass is 316 g/mol. The molecule has 0 amide bonds. The van der Waals surface area contributed by atoms with Crippen molar-refractivity contribution in [2.45, 2.75) is 13.8 Å². The molecule has 0 atom stereocenters. The number of anilines is 3. The lowest BCUT2D eigenvalue weighted by molar-refractivity contribution is 0.925. The number of halogens is 1. The average Bonchev–Trinajstić information content (AvgIpc) is 2.41. The molecule has 98 valence electrons. The Kier molecular flexibility index (Phi) is 3.23. The van der Waals surface area contributed by atoms with E-state index in [1.807, 2.05) is 0 Å². The van der Waals surface area contributed by atoms with Crippen molar-refractivity contribution in [2.75, 3.05) is 23.3 Å². The van der Waals surface area contributed by atoms with Crippen LogP contribution in [0.2, 0.25) is 0 Å². The molecule has 2 aromatic rings. The number of rotatable bonds is 1. The smallest absolute Gasteiger partial charge is 0.0647 e. The van der Waals surface area contributed by atoms with E-state index in [0.29, 0.717) is 0 Å². The summed E-state index contributed by atoms with van der Waals surface area (Å²) >= 11 is 3.53. The number of nitrogens with one attached hydrogen (secondary N) is 1. The first kappa shape index (κ1) is 12.5. The summed E-state index contributed by atoms with van der Waals surface area (Å²) in [5.74, 6) is 0. The Hall–Kier alpha value is -1.48. The Morgan fingerprint density at radius 2 is 1.89 bits per heavy atom. The van der Waals surface area contributed by atoms with Crippen LogP contribution in [-0.2, 0) is 0 Å². The summed E-state index contributed by atoms with van der Waals surface area (Å²) in [6.45, 7) is 6.29. The van der Waals surface area contributed by atoms with Gasteiger partial charge in [0.25, 0.3) is 0 Å². The third kappa shape index (κ3) is 2.35. The summed E-state index contributed by atoms with van der Waals surface area (Å²) in [5.41, 5.74) is 6.40. The highest BCUT2D eigenvalue weighted by Crippen LogP contribution is 2.36. The van der Waals surface area contributed by atoms with Gasteiger partial charge in [0, 0.05) is 23.2 Å². The van der Waals surface area contributed by atoms with Gasteiger partial charge < -0.3 is 10.2 Å². The van der Waals surface area contributed by atoms with Gasteiger partial charge in [-0.2, -0.15) is 0 Å². The second kappa shape index (κ2) is 4.89. The first-order chi connectivity index (χ1) is 9.15. The first-order valence-corrected chi connectivity index (χ1v) is 7.33. The van der Waals surface area contributed by atoms with Crippen LogP contribution in [0.4, 0.5) is 17.1 Å². The van der Waals surface area contributed by atoms with E-state index in [9.17, 15) is 0 Å². The molecule has 1 N–H and O–H groups in total. The Bertz CT molecular complexity index is 622. The topological polar surface area (TPSA) is 15.3 Å². The van der Waals surface area contributed by atoms with Crippen molar-refractivity contribution in [3.63, 3.8) is 0 Å². The fraction of sp³-hybridized carbons (Fsp3) is 0.250. The molecule has 0 saturated heterocycles. The minimum absolute atomic E-state index is 0.969. The SMILES string of the molecule is Cc1ccc(N2CCNc3cc(Br)ccc32)cc1C. The number of hydrogen-bond acceptors (Lipinski definition) is 2. The van der Waals surface area contributed by atoms with Gasteiger partial charge in [-0.15, -0.1) is 0 Å². The van der Waals surface area contributed by atoms with Crippen LogP contribution in [0, 0.1) is 13.8 Å². The number of benzene rings is 2. The van der Waals surface area contributed by atoms with Crippen molar-refractivity contribution in [1.29, 1.82) is 0 Å². The van der Waals surface area contributed by atoms with Crippen LogP contribution in [0.25, 0.3) is 0 Å². The zero-order chi connectivity index (χ0) is 13.4. The second-order valence-electron chi connectivity index (χ2n) is 5.01. The van der Waals surface area contributed by atoms with E-state index in [-0.39, 0.29) is 0 Å². The summed E-state index contributed by atoms with van der Waals surface area (Å²) in [7, 11) is 0. The molecule has 1 heterocycles. The molecule has 0 saturated carbocycles. The number of fused-ring (bicyclic) bond motifs is 1. The molecule has 19 heavy (non-hydrogen) atoms. The van der Waals surface area contributed by atoms with Crippen molar-refractivity contribution in [2.24, 2.45) is 0 Å². The van der Waals surface area contributed by atoms with Crippen LogP contribution in [0.5, 0.6) is 0 Å². The molecule has 3 rings (SSSR count). The summed E-state index contributed by atoms with van der Waals surface area (Å²) in [6.07, 6.45) is 0. The molecule has 0 fully saturated rings. The molecule has 1 aliphatic heterocycles. The van der Waals surface area contributed by atoms with Crippen LogP contribution in [-0.4, -0.2) is 13.1 Å². The summed E-state index contributed by atoms with van der Waals surface area (Å²) < 4.78 is 1.11. The largest absolute Gasteiger partial charge is 0.382 e. The van der Waals surface area contributed by atoms with E-state index >= 15 is 0 Å². The standard InChI is InChI=1S/C16H17BrN2/c1-11-3-5-14(9-12(11)2)19-8-7-18-15-10-13(17)4-6-16(15)19/h3-6,9-10,18H,7-8H2,1-2H3. The number of nitrogens with zero attached hydrogens (tertiary/aromatic N) is 1. The van der Waals surface area contributed by atoms with Crippen LogP contribution < -0.4 is 10.2 Å². The Labute approximate surface area is 122 Å². The van der Waals surface area contributed by atoms with Gasteiger partial charge in [-0.3, -0.25) is 0 Å². The molecule has 2 aromatic carbocycles. The van der Waals surface area contributed by atoms with Gasteiger partial charge in [0.1, 0.15) is 0 Å². The molecule has 0 radical (unpaired) electrons. The van der Waals surface area contributed by atoms with Crippen LogP contribution >= 0.6 is 15.9 Å². The molecule has 2 nitrogen and oxygen atoms in total. The predicted octanol–water partition coefficient (Wildman–Crippen LogP) is 4.63. The molecule has 0 aromatic heterocycles. The third-order valence-electron chi connectivity index (χ3n) is 3.70. The molecule has 1 aliphatic rings. The molecular formula is C16H17BrN2. The predicted molar refractivity (Wildman–Crippen MR) is 85.6 cm³/mol. The Balaban J connectivity index is 2.05. The lowest BCUT2D eigenvalue weighted by Crippen LogP contribution is -2.30. The highest BCUT2D eigenvalue weighted by atomic mass is 79.9. The van der Waals surface area contributed by atoms with E-state index in [4.69, 9.17) is 0 Å². The van der Waals surface area contributed by atoms with Crippen molar-refractivity contribution in [3.8, 4) is 0 Å². The van der Waals surface area contributed by atoms with Crippen molar-refractivity contribution >= 4 is 33.0 Å². The van der Waals surface area contributed by atoms with Gasteiger partial charge in [-0.25, -0.2) is 0 Å². The zero-order valence-corrected chi connectivity index (χ0v) is 12.8. The summed E-state index contributed by atoms with van der Waals surface area (Å²) in [5, 5.41) is 3.46. The van der Waals surface area contributed by atoms with Gasteiger partial charge in [0.15, 0.2) is 0 Å².